The van der Waals surface area contributed by atoms with Crippen molar-refractivity contribution < 1.29 is 18.3 Å². The second-order valence-electron chi connectivity index (χ2n) is 3.95. The summed E-state index contributed by atoms with van der Waals surface area (Å²) < 4.78 is 23.6. The maximum atomic E-state index is 11.0. The molecule has 1 aliphatic heterocycles. The number of aliphatic carboxylic acids is 1. The first-order valence-corrected chi connectivity index (χ1v) is 6.74. The molecular formula is C9H12N2O4S. The highest BCUT2D eigenvalue weighted by atomic mass is 32.2. The lowest BCUT2D eigenvalue weighted by Gasteiger charge is -2.25. The van der Waals surface area contributed by atoms with Crippen molar-refractivity contribution in [3.63, 3.8) is 0 Å². The lowest BCUT2D eigenvalue weighted by Crippen LogP contribution is -2.38. The van der Waals surface area contributed by atoms with Crippen LogP contribution in [0.25, 0.3) is 0 Å². The molecule has 1 aliphatic rings. The van der Waals surface area contributed by atoms with Gasteiger partial charge in [0.25, 0.3) is 0 Å². The molecule has 1 saturated heterocycles. The summed E-state index contributed by atoms with van der Waals surface area (Å²) in [5.41, 5.74) is 0.826. The molecule has 0 aromatic carbocycles. The van der Waals surface area contributed by atoms with Gasteiger partial charge in [-0.25, -0.2) is 8.42 Å². The zero-order valence-corrected chi connectivity index (χ0v) is 9.35. The molecule has 1 aromatic heterocycles. The number of carboxylic acids is 1. The molecule has 2 heterocycles. The van der Waals surface area contributed by atoms with Crippen molar-refractivity contribution in [1.82, 2.24) is 9.78 Å². The first-order chi connectivity index (χ1) is 7.46. The third-order valence-corrected chi connectivity index (χ3v) is 4.33. The third-order valence-electron chi connectivity index (χ3n) is 2.55. The Morgan fingerprint density at radius 2 is 2.25 bits per heavy atom. The van der Waals surface area contributed by atoms with Gasteiger partial charge in [-0.15, -0.1) is 0 Å². The predicted molar refractivity (Wildman–Crippen MR) is 55.9 cm³/mol. The fraction of sp³-hybridized carbons (Fsp3) is 0.556. The molecule has 0 amide bonds. The van der Waals surface area contributed by atoms with Crippen LogP contribution in [0.2, 0.25) is 0 Å². The minimum Gasteiger partial charge on any atom is -0.481 e. The number of sulfone groups is 1. The molecule has 0 atom stereocenters. The smallest absolute Gasteiger partial charge is 0.303 e. The first-order valence-electron chi connectivity index (χ1n) is 4.91. The van der Waals surface area contributed by atoms with E-state index in [4.69, 9.17) is 5.11 Å². The summed E-state index contributed by atoms with van der Waals surface area (Å²) in [7, 11) is -2.85. The van der Waals surface area contributed by atoms with E-state index in [1.54, 1.807) is 17.1 Å². The summed E-state index contributed by atoms with van der Waals surface area (Å²) in [5.74, 6) is -0.584. The van der Waals surface area contributed by atoms with E-state index in [-0.39, 0.29) is 24.0 Å². The Balaban J connectivity index is 1.96. The van der Waals surface area contributed by atoms with Crippen LogP contribution in [0.3, 0.4) is 0 Å². The highest BCUT2D eigenvalue weighted by Crippen LogP contribution is 2.23. The van der Waals surface area contributed by atoms with E-state index >= 15 is 0 Å². The Labute approximate surface area is 92.8 Å². The standard InChI is InChI=1S/C9H12N2O4S/c12-9(13)2-1-7-3-10-11(4-7)8-5-16(14,15)6-8/h3-4,8H,1-2,5-6H2,(H,12,13). The molecule has 0 spiro atoms. The van der Waals surface area contributed by atoms with Gasteiger partial charge in [-0.3, -0.25) is 9.48 Å². The minimum absolute atomic E-state index is 0.0641. The van der Waals surface area contributed by atoms with Crippen LogP contribution in [-0.2, 0) is 21.1 Å². The second-order valence-corrected chi connectivity index (χ2v) is 6.11. The minimum atomic E-state index is -2.85. The lowest BCUT2D eigenvalue weighted by molar-refractivity contribution is -0.136. The predicted octanol–water partition coefficient (Wildman–Crippen LogP) is -0.130. The van der Waals surface area contributed by atoms with Crippen molar-refractivity contribution in [1.29, 1.82) is 0 Å². The van der Waals surface area contributed by atoms with Gasteiger partial charge >= 0.3 is 5.97 Å². The Hall–Kier alpha value is -1.37. The van der Waals surface area contributed by atoms with Gasteiger partial charge in [0.2, 0.25) is 0 Å². The van der Waals surface area contributed by atoms with Crippen molar-refractivity contribution in [2.45, 2.75) is 18.9 Å². The van der Waals surface area contributed by atoms with E-state index in [2.05, 4.69) is 5.10 Å². The van der Waals surface area contributed by atoms with E-state index < -0.39 is 15.8 Å². The Bertz CT molecular complexity index is 493. The van der Waals surface area contributed by atoms with Crippen LogP contribution in [0.4, 0.5) is 0 Å². The largest absolute Gasteiger partial charge is 0.481 e. The van der Waals surface area contributed by atoms with Gasteiger partial charge in [0.05, 0.1) is 23.7 Å². The van der Waals surface area contributed by atoms with Crippen molar-refractivity contribution in [3.8, 4) is 0 Å². The van der Waals surface area contributed by atoms with Crippen molar-refractivity contribution in [2.75, 3.05) is 11.5 Å². The molecule has 1 N–H and O–H groups in total. The summed E-state index contributed by atoms with van der Waals surface area (Å²) in [5, 5.41) is 12.6. The van der Waals surface area contributed by atoms with E-state index in [0.29, 0.717) is 6.42 Å². The molecule has 0 aliphatic carbocycles. The summed E-state index contributed by atoms with van der Waals surface area (Å²) in [6.45, 7) is 0. The van der Waals surface area contributed by atoms with Crippen LogP contribution in [0.15, 0.2) is 12.4 Å². The van der Waals surface area contributed by atoms with Gasteiger partial charge in [0, 0.05) is 12.6 Å². The maximum absolute atomic E-state index is 11.0. The molecule has 16 heavy (non-hydrogen) atoms. The highest BCUT2D eigenvalue weighted by molar-refractivity contribution is 7.92. The van der Waals surface area contributed by atoms with Crippen LogP contribution in [0, 0.1) is 0 Å². The molecule has 0 saturated carbocycles. The molecule has 2 rings (SSSR count). The summed E-state index contributed by atoms with van der Waals surface area (Å²) in [4.78, 5) is 10.4. The van der Waals surface area contributed by atoms with Gasteiger partial charge in [0.1, 0.15) is 0 Å². The molecule has 6 nitrogen and oxygen atoms in total. The molecule has 1 fully saturated rings. The number of rotatable bonds is 4. The SMILES string of the molecule is O=C(O)CCc1cnn(C2CS(=O)(=O)C2)c1. The van der Waals surface area contributed by atoms with Gasteiger partial charge in [0.15, 0.2) is 9.84 Å². The topological polar surface area (TPSA) is 89.3 Å². The lowest BCUT2D eigenvalue weighted by atomic mass is 10.2. The number of nitrogens with zero attached hydrogens (tertiary/aromatic N) is 2. The van der Waals surface area contributed by atoms with E-state index in [9.17, 15) is 13.2 Å². The second kappa shape index (κ2) is 3.89. The van der Waals surface area contributed by atoms with Crippen LogP contribution in [0.1, 0.15) is 18.0 Å². The van der Waals surface area contributed by atoms with Crippen LogP contribution >= 0.6 is 0 Å². The number of carboxylic acid groups (broad SMARTS) is 1. The summed E-state index contributed by atoms with van der Waals surface area (Å²) >= 11 is 0. The first kappa shape index (κ1) is 11.1. The maximum Gasteiger partial charge on any atom is 0.303 e. The van der Waals surface area contributed by atoms with Crippen LogP contribution in [-0.4, -0.2) is 40.8 Å². The molecule has 0 bridgehead atoms. The van der Waals surface area contributed by atoms with Gasteiger partial charge in [-0.05, 0) is 12.0 Å². The molecule has 88 valence electrons. The number of aryl methyl sites for hydroxylation is 1. The van der Waals surface area contributed by atoms with Crippen molar-refractivity contribution >= 4 is 15.8 Å². The van der Waals surface area contributed by atoms with Gasteiger partial charge in [-0.2, -0.15) is 5.10 Å². The monoisotopic (exact) mass is 244 g/mol. The third kappa shape index (κ3) is 2.41. The molecule has 7 heteroatoms. The van der Waals surface area contributed by atoms with Gasteiger partial charge in [-0.1, -0.05) is 0 Å². The van der Waals surface area contributed by atoms with E-state index in [1.807, 2.05) is 0 Å². The number of carbonyl (C=O) groups is 1. The quantitative estimate of drug-likeness (QED) is 0.797. The van der Waals surface area contributed by atoms with Crippen molar-refractivity contribution in [2.24, 2.45) is 0 Å². The highest BCUT2D eigenvalue weighted by Gasteiger charge is 2.35. The fourth-order valence-corrected chi connectivity index (χ4v) is 3.03. The normalized spacial score (nSPS) is 19.2. The molecule has 0 unspecified atom stereocenters. The Kier molecular flexibility index (Phi) is 2.71. The van der Waals surface area contributed by atoms with Gasteiger partial charge < -0.3 is 5.11 Å². The van der Waals surface area contributed by atoms with E-state index in [1.165, 1.54) is 0 Å². The number of hydrogen-bond donors (Lipinski definition) is 1. The van der Waals surface area contributed by atoms with Crippen molar-refractivity contribution in [3.05, 3.63) is 18.0 Å². The average Bonchev–Trinajstić information content (AvgIpc) is 2.58. The number of aromatic nitrogens is 2. The zero-order chi connectivity index (χ0) is 11.8. The Morgan fingerprint density at radius 3 is 2.81 bits per heavy atom. The van der Waals surface area contributed by atoms with E-state index in [0.717, 1.165) is 5.56 Å². The number of hydrogen-bond acceptors (Lipinski definition) is 4. The fourth-order valence-electron chi connectivity index (χ4n) is 1.65. The summed E-state index contributed by atoms with van der Waals surface area (Å²) in [6, 6.07) is -0.0800. The summed E-state index contributed by atoms with van der Waals surface area (Å²) in [6.07, 6.45) is 3.81. The van der Waals surface area contributed by atoms with Crippen LogP contribution < -0.4 is 0 Å². The molecule has 1 aromatic rings. The average molecular weight is 244 g/mol. The Morgan fingerprint density at radius 1 is 1.56 bits per heavy atom. The molecule has 0 radical (unpaired) electrons. The molecular weight excluding hydrogens is 232 g/mol. The van der Waals surface area contributed by atoms with Crippen LogP contribution in [0.5, 0.6) is 0 Å². The zero-order valence-electron chi connectivity index (χ0n) is 8.54.